The molecule has 4 aromatic rings. The number of methoxy groups -OCH3 is 1. The van der Waals surface area contributed by atoms with Gasteiger partial charge < -0.3 is 33.3 Å². The van der Waals surface area contributed by atoms with Gasteiger partial charge in [0, 0.05) is 84.3 Å². The Labute approximate surface area is 446 Å². The Kier molecular flexibility index (Phi) is 17.7. The summed E-state index contributed by atoms with van der Waals surface area (Å²) in [6, 6.07) is 14.7. The van der Waals surface area contributed by atoms with Crippen LogP contribution in [-0.2, 0) is 41.5 Å². The minimum atomic E-state index is -4.57. The number of aromatic nitrogens is 2. The van der Waals surface area contributed by atoms with Crippen LogP contribution in [0.15, 0.2) is 65.3 Å². The smallest absolute Gasteiger partial charge is 0.410 e. The standard InChI is InChI=1S/C55H72BrF3N8O8/c1-35(72-7)48-42(27-39(30-61-48)64-22-20-63(21-23-64)38-16-17-38)49-43(41-26-37(56)15-18-46(41)66(49)33-55(57,58)59)29-54(5,6)34-74-51(70)44-14-11-19-67(62-44)50(69)45(60-31-47(68)36-12-9-8-10-13-36)28-40-32-65(24-25-73-40)52(71)75-53(2,3)4/h8-10,12-13,15,18,26-27,30,35,38,40,44-45,60,62H,11,14,16-17,19-25,28-29,31-34H2,1-7H3/t35-,40-,44-,45-/m0/s1. The van der Waals surface area contributed by atoms with Crippen LogP contribution in [0, 0.1) is 5.41 Å². The molecule has 2 aromatic heterocycles. The Hall–Kier alpha value is -5.12. The summed E-state index contributed by atoms with van der Waals surface area (Å²) >= 11 is 3.59. The highest BCUT2D eigenvalue weighted by atomic mass is 79.9. The lowest BCUT2D eigenvalue weighted by atomic mass is 9.84. The first-order valence-corrected chi connectivity index (χ1v) is 26.9. The number of esters is 1. The van der Waals surface area contributed by atoms with E-state index in [1.54, 1.807) is 75.4 Å². The second kappa shape index (κ2) is 23.6. The lowest BCUT2D eigenvalue weighted by Crippen LogP contribution is -2.60. The highest BCUT2D eigenvalue weighted by Gasteiger charge is 2.39. The zero-order valence-corrected chi connectivity index (χ0v) is 45.7. The molecule has 2 amide bonds. The maximum Gasteiger partial charge on any atom is 0.410 e. The predicted octanol–water partition coefficient (Wildman–Crippen LogP) is 8.49. The van der Waals surface area contributed by atoms with Crippen LogP contribution in [0.4, 0.5) is 23.7 Å². The number of fused-ring (bicyclic) bond motifs is 1. The fourth-order valence-corrected chi connectivity index (χ4v) is 10.7. The summed E-state index contributed by atoms with van der Waals surface area (Å²) in [6.07, 6.45) is -0.814. The number of ether oxygens (including phenoxy) is 4. The summed E-state index contributed by atoms with van der Waals surface area (Å²) < 4.78 is 70.1. The molecule has 16 nitrogen and oxygen atoms in total. The van der Waals surface area contributed by atoms with Gasteiger partial charge in [0.25, 0.3) is 5.91 Å². The summed E-state index contributed by atoms with van der Waals surface area (Å²) in [7, 11) is 1.55. The molecule has 0 bridgehead atoms. The average molecular weight is 1110 g/mol. The molecule has 3 aliphatic heterocycles. The van der Waals surface area contributed by atoms with E-state index in [1.165, 1.54) is 22.4 Å². The number of alkyl halides is 3. The van der Waals surface area contributed by atoms with Crippen molar-refractivity contribution >= 4 is 56.3 Å². The molecule has 4 atom stereocenters. The maximum absolute atomic E-state index is 14.8. The number of carbonyl (C=O) groups excluding carboxylic acids is 4. The number of hydrogen-bond acceptors (Lipinski definition) is 13. The third kappa shape index (κ3) is 14.5. The normalized spacial score (nSPS) is 20.0. The molecule has 4 aliphatic rings. The Balaban J connectivity index is 1.01. The molecule has 1 saturated carbocycles. The molecular weight excluding hydrogens is 1040 g/mol. The average Bonchev–Trinajstić information content (AvgIpc) is 4.20. The van der Waals surface area contributed by atoms with Gasteiger partial charge >= 0.3 is 18.2 Å². The van der Waals surface area contributed by atoms with Crippen LogP contribution < -0.4 is 15.6 Å². The van der Waals surface area contributed by atoms with Crippen molar-refractivity contribution in [2.75, 3.05) is 77.6 Å². The fourth-order valence-electron chi connectivity index (χ4n) is 10.3. The third-order valence-electron chi connectivity index (χ3n) is 14.3. The largest absolute Gasteiger partial charge is 0.464 e. The molecular formula is C55H72BrF3N8O8. The first-order valence-electron chi connectivity index (χ1n) is 26.1. The summed E-state index contributed by atoms with van der Waals surface area (Å²) in [4.78, 5) is 66.1. The second-order valence-corrected chi connectivity index (χ2v) is 23.0. The van der Waals surface area contributed by atoms with Gasteiger partial charge in [-0.15, -0.1) is 0 Å². The molecule has 0 radical (unpaired) electrons. The Morgan fingerprint density at radius 3 is 2.36 bits per heavy atom. The van der Waals surface area contributed by atoms with E-state index < -0.39 is 66.0 Å². The zero-order valence-electron chi connectivity index (χ0n) is 44.1. The minimum absolute atomic E-state index is 0.0960. The van der Waals surface area contributed by atoms with Crippen molar-refractivity contribution < 1.29 is 51.3 Å². The van der Waals surface area contributed by atoms with E-state index in [9.17, 15) is 32.3 Å². The van der Waals surface area contributed by atoms with Crippen LogP contribution in [0.1, 0.15) is 101 Å². The Morgan fingerprint density at radius 1 is 0.947 bits per heavy atom. The number of halogens is 4. The molecule has 5 heterocycles. The van der Waals surface area contributed by atoms with Gasteiger partial charge in [-0.05, 0) is 96.0 Å². The van der Waals surface area contributed by atoms with E-state index in [4.69, 9.17) is 23.9 Å². The molecule has 75 heavy (non-hydrogen) atoms. The first-order chi connectivity index (χ1) is 35.6. The number of carbonyl (C=O) groups is 4. The van der Waals surface area contributed by atoms with E-state index >= 15 is 0 Å². The molecule has 3 saturated heterocycles. The Morgan fingerprint density at radius 2 is 1.68 bits per heavy atom. The third-order valence-corrected chi connectivity index (χ3v) is 14.8. The highest BCUT2D eigenvalue weighted by molar-refractivity contribution is 9.10. The van der Waals surface area contributed by atoms with Gasteiger partial charge in [-0.2, -0.15) is 13.2 Å². The van der Waals surface area contributed by atoms with Crippen LogP contribution in [-0.4, -0.2) is 157 Å². The number of nitrogens with one attached hydrogen (secondary N) is 2. The number of nitrogens with zero attached hydrogens (tertiary/aromatic N) is 6. The number of pyridine rings is 1. The topological polar surface area (TPSA) is 160 Å². The summed E-state index contributed by atoms with van der Waals surface area (Å²) in [5.41, 5.74) is 5.33. The van der Waals surface area contributed by atoms with Gasteiger partial charge in [0.1, 0.15) is 18.2 Å². The van der Waals surface area contributed by atoms with Crippen molar-refractivity contribution in [2.45, 2.75) is 129 Å². The maximum atomic E-state index is 14.8. The molecule has 408 valence electrons. The number of amides is 2. The number of piperazine rings is 1. The quantitative estimate of drug-likeness (QED) is 0.0722. The molecule has 20 heteroatoms. The van der Waals surface area contributed by atoms with Crippen molar-refractivity contribution in [3.05, 3.63) is 82.1 Å². The van der Waals surface area contributed by atoms with Gasteiger partial charge in [-0.3, -0.25) is 34.6 Å². The van der Waals surface area contributed by atoms with E-state index in [1.807, 2.05) is 39.0 Å². The number of morpholine rings is 1. The van der Waals surface area contributed by atoms with Gasteiger partial charge in [0.15, 0.2) is 5.78 Å². The van der Waals surface area contributed by atoms with E-state index in [-0.39, 0.29) is 51.5 Å². The monoisotopic (exact) mass is 1110 g/mol. The Bertz CT molecular complexity index is 2670. The number of Topliss-reactive ketones (excluding diaryl/α,β-unsaturated/α-hetero) is 1. The summed E-state index contributed by atoms with van der Waals surface area (Å²) in [5.74, 6) is -1.23. The molecule has 4 fully saturated rings. The second-order valence-electron chi connectivity index (χ2n) is 22.1. The molecule has 1 aliphatic carbocycles. The van der Waals surface area contributed by atoms with Gasteiger partial charge in [-0.1, -0.05) is 60.1 Å². The number of anilines is 1. The molecule has 2 aromatic carbocycles. The summed E-state index contributed by atoms with van der Waals surface area (Å²) in [5, 5.41) is 5.15. The van der Waals surface area contributed by atoms with E-state index in [0.717, 1.165) is 31.9 Å². The fraction of sp³-hybridized carbons (Fsp3) is 0.582. The zero-order chi connectivity index (χ0) is 53.8. The van der Waals surface area contributed by atoms with Crippen LogP contribution in [0.25, 0.3) is 22.2 Å². The molecule has 2 N–H and O–H groups in total. The van der Waals surface area contributed by atoms with Crippen LogP contribution in [0.5, 0.6) is 0 Å². The van der Waals surface area contributed by atoms with Crippen molar-refractivity contribution in [2.24, 2.45) is 5.41 Å². The van der Waals surface area contributed by atoms with Crippen molar-refractivity contribution in [1.82, 2.24) is 35.1 Å². The van der Waals surface area contributed by atoms with E-state index in [2.05, 4.69) is 36.5 Å². The summed E-state index contributed by atoms with van der Waals surface area (Å²) in [6.45, 7) is 13.8. The number of hydrogen-bond donors (Lipinski definition) is 2. The number of ketones is 1. The van der Waals surface area contributed by atoms with Crippen LogP contribution in [0.2, 0.25) is 0 Å². The SMILES string of the molecule is CO[C@@H](C)c1ncc(N2CCN(C3CC3)CC2)cc1-c1c(CC(C)(C)COC(=O)[C@@H]2CCCN(C(=O)[C@H](C[C@H]3CN(C(=O)OC(C)(C)C)CCO3)NCC(=O)c3ccccc3)N2)c2cc(Br)ccc2n1CC(F)(F)F. The number of benzene rings is 2. The van der Waals surface area contributed by atoms with Crippen molar-refractivity contribution in [3.63, 3.8) is 0 Å². The lowest BCUT2D eigenvalue weighted by Gasteiger charge is -2.38. The molecule has 0 spiro atoms. The van der Waals surface area contributed by atoms with Gasteiger partial charge in [0.05, 0.1) is 67.8 Å². The predicted molar refractivity (Wildman–Crippen MR) is 282 cm³/mol. The first kappa shape index (κ1) is 56.1. The minimum Gasteiger partial charge on any atom is -0.464 e. The van der Waals surface area contributed by atoms with Crippen molar-refractivity contribution in [1.29, 1.82) is 0 Å². The van der Waals surface area contributed by atoms with Crippen LogP contribution in [0.3, 0.4) is 0 Å². The van der Waals surface area contributed by atoms with Crippen LogP contribution >= 0.6 is 15.9 Å². The number of rotatable bonds is 18. The molecule has 8 rings (SSSR count). The van der Waals surface area contributed by atoms with Gasteiger partial charge in [-0.25, -0.2) is 10.2 Å². The molecule has 0 unspecified atom stereocenters. The van der Waals surface area contributed by atoms with E-state index in [0.29, 0.717) is 68.9 Å². The number of hydrazine groups is 1. The van der Waals surface area contributed by atoms with Crippen molar-refractivity contribution in [3.8, 4) is 11.3 Å². The van der Waals surface area contributed by atoms with Gasteiger partial charge in [0.2, 0.25) is 0 Å². The highest BCUT2D eigenvalue weighted by Crippen LogP contribution is 2.44. The lowest BCUT2D eigenvalue weighted by molar-refractivity contribution is -0.155.